The summed E-state index contributed by atoms with van der Waals surface area (Å²) in [5, 5.41) is 6.41. The number of Topliss-reactive ketones (excluding diaryl/α,β-unsaturated/α-hetero) is 1. The molecule has 5 heteroatoms. The predicted molar refractivity (Wildman–Crippen MR) is 100 cm³/mol. The van der Waals surface area contributed by atoms with Crippen molar-refractivity contribution < 1.29 is 9.59 Å². The van der Waals surface area contributed by atoms with Crippen LogP contribution in [0.4, 0.5) is 16.2 Å². The highest BCUT2D eigenvalue weighted by molar-refractivity contribution is 5.95. The van der Waals surface area contributed by atoms with E-state index in [1.165, 1.54) is 6.92 Å². The molecule has 3 rings (SSSR count). The van der Waals surface area contributed by atoms with E-state index < -0.39 is 0 Å². The van der Waals surface area contributed by atoms with Gasteiger partial charge in [0.2, 0.25) is 0 Å². The van der Waals surface area contributed by atoms with E-state index in [-0.39, 0.29) is 11.8 Å². The molecule has 0 aliphatic carbocycles. The summed E-state index contributed by atoms with van der Waals surface area (Å²) in [4.78, 5) is 25.5. The van der Waals surface area contributed by atoms with Crippen molar-refractivity contribution in [2.45, 2.75) is 25.8 Å². The number of anilines is 2. The van der Waals surface area contributed by atoms with Crippen LogP contribution in [0.1, 0.15) is 30.1 Å². The van der Waals surface area contributed by atoms with Gasteiger partial charge < -0.3 is 15.5 Å². The first-order valence-electron chi connectivity index (χ1n) is 8.60. The van der Waals surface area contributed by atoms with Gasteiger partial charge in [-0.15, -0.1) is 0 Å². The maximum Gasteiger partial charge on any atom is 0.321 e. The lowest BCUT2D eigenvalue weighted by molar-refractivity contribution is 0.101. The number of piperidine rings is 1. The Morgan fingerprint density at radius 2 is 1.56 bits per heavy atom. The second kappa shape index (κ2) is 7.83. The molecule has 0 bridgehead atoms. The molecule has 1 heterocycles. The zero-order chi connectivity index (χ0) is 17.6. The fraction of sp³-hybridized carbons (Fsp3) is 0.300. The molecule has 1 saturated heterocycles. The van der Waals surface area contributed by atoms with Crippen LogP contribution >= 0.6 is 0 Å². The van der Waals surface area contributed by atoms with Crippen molar-refractivity contribution in [2.75, 3.05) is 23.7 Å². The molecule has 25 heavy (non-hydrogen) atoms. The summed E-state index contributed by atoms with van der Waals surface area (Å²) in [5.41, 5.74) is 2.47. The standard InChI is InChI=1S/C20H23N3O2/c1-15(24)16-7-9-18(10-8-16)22-20(25)23-13-11-19(12-14-23)21-17-5-3-2-4-6-17/h2-10,19,21H,11-14H2,1H3,(H,22,25). The van der Waals surface area contributed by atoms with E-state index in [4.69, 9.17) is 0 Å². The summed E-state index contributed by atoms with van der Waals surface area (Å²) < 4.78 is 0. The molecule has 130 valence electrons. The number of likely N-dealkylation sites (tertiary alicyclic amines) is 1. The molecule has 0 spiro atoms. The van der Waals surface area contributed by atoms with E-state index in [9.17, 15) is 9.59 Å². The van der Waals surface area contributed by atoms with Gasteiger partial charge in [-0.2, -0.15) is 0 Å². The topological polar surface area (TPSA) is 61.4 Å². The number of rotatable bonds is 4. The Bertz CT molecular complexity index is 720. The molecule has 2 aromatic rings. The average molecular weight is 337 g/mol. The normalized spacial score (nSPS) is 14.8. The van der Waals surface area contributed by atoms with Gasteiger partial charge in [0, 0.05) is 36.1 Å². The summed E-state index contributed by atoms with van der Waals surface area (Å²) in [7, 11) is 0. The maximum atomic E-state index is 12.4. The van der Waals surface area contributed by atoms with Crippen LogP contribution in [0.15, 0.2) is 54.6 Å². The smallest absolute Gasteiger partial charge is 0.321 e. The third-order valence-corrected chi connectivity index (χ3v) is 4.47. The van der Waals surface area contributed by atoms with Crippen molar-refractivity contribution in [3.8, 4) is 0 Å². The minimum atomic E-state index is -0.0891. The molecule has 2 N–H and O–H groups in total. The van der Waals surface area contributed by atoms with E-state index in [0.29, 0.717) is 17.3 Å². The quantitative estimate of drug-likeness (QED) is 0.829. The molecule has 2 amide bonds. The monoisotopic (exact) mass is 337 g/mol. The minimum absolute atomic E-state index is 0.0193. The van der Waals surface area contributed by atoms with Crippen LogP contribution < -0.4 is 10.6 Å². The minimum Gasteiger partial charge on any atom is -0.382 e. The van der Waals surface area contributed by atoms with E-state index in [1.807, 2.05) is 23.1 Å². The van der Waals surface area contributed by atoms with Crippen molar-refractivity contribution in [3.05, 3.63) is 60.2 Å². The van der Waals surface area contributed by atoms with Gasteiger partial charge in [0.25, 0.3) is 0 Å². The number of amides is 2. The molecule has 0 unspecified atom stereocenters. The van der Waals surface area contributed by atoms with Crippen LogP contribution in [0.2, 0.25) is 0 Å². The molecular weight excluding hydrogens is 314 g/mol. The molecule has 0 radical (unpaired) electrons. The number of urea groups is 1. The zero-order valence-electron chi connectivity index (χ0n) is 14.4. The number of hydrogen-bond acceptors (Lipinski definition) is 3. The molecule has 1 aliphatic heterocycles. The van der Waals surface area contributed by atoms with E-state index in [2.05, 4.69) is 22.8 Å². The molecule has 2 aromatic carbocycles. The lowest BCUT2D eigenvalue weighted by atomic mass is 10.0. The van der Waals surface area contributed by atoms with Gasteiger partial charge in [-0.3, -0.25) is 4.79 Å². The van der Waals surface area contributed by atoms with Crippen LogP contribution in [0.25, 0.3) is 0 Å². The largest absolute Gasteiger partial charge is 0.382 e. The van der Waals surface area contributed by atoms with Crippen LogP contribution in [0.3, 0.4) is 0 Å². The van der Waals surface area contributed by atoms with Gasteiger partial charge in [-0.25, -0.2) is 4.79 Å². The Morgan fingerprint density at radius 1 is 0.920 bits per heavy atom. The van der Waals surface area contributed by atoms with E-state index in [1.54, 1.807) is 24.3 Å². The molecule has 0 aromatic heterocycles. The fourth-order valence-electron chi connectivity index (χ4n) is 2.99. The number of nitrogens with one attached hydrogen (secondary N) is 2. The number of carbonyl (C=O) groups is 2. The Labute approximate surface area is 148 Å². The number of para-hydroxylation sites is 1. The third-order valence-electron chi connectivity index (χ3n) is 4.47. The van der Waals surface area contributed by atoms with E-state index >= 15 is 0 Å². The fourth-order valence-corrected chi connectivity index (χ4v) is 2.99. The number of ketones is 1. The van der Waals surface area contributed by atoms with Crippen molar-refractivity contribution in [2.24, 2.45) is 0 Å². The van der Waals surface area contributed by atoms with Crippen molar-refractivity contribution in [3.63, 3.8) is 0 Å². The lowest BCUT2D eigenvalue weighted by Gasteiger charge is -2.33. The van der Waals surface area contributed by atoms with Gasteiger partial charge >= 0.3 is 6.03 Å². The Morgan fingerprint density at radius 3 is 2.16 bits per heavy atom. The molecular formula is C20H23N3O2. The average Bonchev–Trinajstić information content (AvgIpc) is 2.63. The van der Waals surface area contributed by atoms with Crippen molar-refractivity contribution in [1.29, 1.82) is 0 Å². The Balaban J connectivity index is 1.49. The summed E-state index contributed by atoms with van der Waals surface area (Å²) in [6.07, 6.45) is 1.84. The molecule has 1 fully saturated rings. The van der Waals surface area contributed by atoms with Crippen LogP contribution in [0.5, 0.6) is 0 Å². The molecule has 0 saturated carbocycles. The van der Waals surface area contributed by atoms with Crippen LogP contribution in [-0.2, 0) is 0 Å². The summed E-state index contributed by atoms with van der Waals surface area (Å²) >= 11 is 0. The lowest BCUT2D eigenvalue weighted by Crippen LogP contribution is -2.44. The summed E-state index contributed by atoms with van der Waals surface area (Å²) in [6, 6.07) is 17.4. The number of nitrogens with zero attached hydrogens (tertiary/aromatic N) is 1. The number of hydrogen-bond donors (Lipinski definition) is 2. The first-order chi connectivity index (χ1) is 12.1. The van der Waals surface area contributed by atoms with E-state index in [0.717, 1.165) is 31.6 Å². The second-order valence-corrected chi connectivity index (χ2v) is 6.34. The Kier molecular flexibility index (Phi) is 5.33. The second-order valence-electron chi connectivity index (χ2n) is 6.34. The first kappa shape index (κ1) is 17.0. The van der Waals surface area contributed by atoms with Crippen LogP contribution in [0, 0.1) is 0 Å². The van der Waals surface area contributed by atoms with Gasteiger partial charge in [0.05, 0.1) is 0 Å². The highest BCUT2D eigenvalue weighted by Gasteiger charge is 2.22. The van der Waals surface area contributed by atoms with Gasteiger partial charge in [-0.05, 0) is 56.2 Å². The maximum absolute atomic E-state index is 12.4. The Hall–Kier alpha value is -2.82. The van der Waals surface area contributed by atoms with Gasteiger partial charge in [0.15, 0.2) is 5.78 Å². The zero-order valence-corrected chi connectivity index (χ0v) is 14.4. The summed E-state index contributed by atoms with van der Waals surface area (Å²) in [5.74, 6) is 0.0193. The third kappa shape index (κ3) is 4.59. The van der Waals surface area contributed by atoms with Crippen molar-refractivity contribution in [1.82, 2.24) is 4.90 Å². The van der Waals surface area contributed by atoms with Gasteiger partial charge in [-0.1, -0.05) is 18.2 Å². The number of carbonyl (C=O) groups excluding carboxylic acids is 2. The highest BCUT2D eigenvalue weighted by Crippen LogP contribution is 2.18. The van der Waals surface area contributed by atoms with Gasteiger partial charge in [0.1, 0.15) is 0 Å². The first-order valence-corrected chi connectivity index (χ1v) is 8.60. The molecule has 1 aliphatic rings. The summed E-state index contributed by atoms with van der Waals surface area (Å²) in [6.45, 7) is 2.98. The van der Waals surface area contributed by atoms with Crippen molar-refractivity contribution >= 4 is 23.2 Å². The van der Waals surface area contributed by atoms with Crippen LogP contribution in [-0.4, -0.2) is 35.8 Å². The SMILES string of the molecule is CC(=O)c1ccc(NC(=O)N2CCC(Nc3ccccc3)CC2)cc1. The molecule has 0 atom stereocenters. The highest BCUT2D eigenvalue weighted by atomic mass is 16.2. The number of benzene rings is 2. The predicted octanol–water partition coefficient (Wildman–Crippen LogP) is 4.00. The molecule has 5 nitrogen and oxygen atoms in total.